The molecule has 3 aliphatic heterocycles. The molecule has 0 radical (unpaired) electrons. The molecule has 3 fully saturated rings. The van der Waals surface area contributed by atoms with Gasteiger partial charge in [-0.05, 0) is 60.6 Å². The van der Waals surface area contributed by atoms with Crippen molar-refractivity contribution in [1.29, 1.82) is 0 Å². The van der Waals surface area contributed by atoms with E-state index in [9.17, 15) is 9.59 Å². The number of amides is 2. The number of likely N-dealkylation sites (tertiary alicyclic amines) is 2. The zero-order valence-corrected chi connectivity index (χ0v) is 22.6. The molecule has 1 aromatic heterocycles. The lowest BCUT2D eigenvalue weighted by molar-refractivity contribution is -0.133. The summed E-state index contributed by atoms with van der Waals surface area (Å²) in [4.78, 5) is 36.5. The Kier molecular flexibility index (Phi) is 5.95. The minimum Gasteiger partial charge on any atom is -0.337 e. The number of carbonyl (C=O) groups excluding carboxylic acids is 2. The summed E-state index contributed by atoms with van der Waals surface area (Å²) in [5.41, 5.74) is 1.38. The smallest absolute Gasteiger partial charge is 0.250 e. The highest BCUT2D eigenvalue weighted by molar-refractivity contribution is 6.31. The minimum atomic E-state index is -1.20. The van der Waals surface area contributed by atoms with Crippen LogP contribution in [0, 0.1) is 11.7 Å². The molecular formula is C30H27Cl2FN4O2. The lowest BCUT2D eigenvalue weighted by Gasteiger charge is -2.41. The van der Waals surface area contributed by atoms with Gasteiger partial charge in [-0.3, -0.25) is 19.5 Å². The molecule has 9 heteroatoms. The molecule has 7 rings (SSSR count). The van der Waals surface area contributed by atoms with Gasteiger partial charge >= 0.3 is 0 Å². The van der Waals surface area contributed by atoms with Crippen LogP contribution in [0.25, 0.3) is 0 Å². The number of aromatic nitrogens is 1. The van der Waals surface area contributed by atoms with Gasteiger partial charge in [0.05, 0.1) is 17.5 Å². The molecule has 200 valence electrons. The highest BCUT2D eigenvalue weighted by atomic mass is 35.5. The Morgan fingerprint density at radius 3 is 2.74 bits per heavy atom. The summed E-state index contributed by atoms with van der Waals surface area (Å²) >= 11 is 12.7. The number of hydrogen-bond acceptors (Lipinski definition) is 4. The van der Waals surface area contributed by atoms with Crippen molar-refractivity contribution in [3.63, 3.8) is 0 Å². The molecule has 1 N–H and O–H groups in total. The highest BCUT2D eigenvalue weighted by Gasteiger charge is 2.70. The number of halogens is 3. The number of nitrogens with one attached hydrogen (secondary N) is 1. The van der Waals surface area contributed by atoms with Crippen LogP contribution in [0.3, 0.4) is 0 Å². The second-order valence-electron chi connectivity index (χ2n) is 11.1. The van der Waals surface area contributed by atoms with Crippen LogP contribution in [-0.4, -0.2) is 51.8 Å². The monoisotopic (exact) mass is 564 g/mol. The average molecular weight is 565 g/mol. The summed E-state index contributed by atoms with van der Waals surface area (Å²) in [6.07, 6.45) is 6.46. The van der Waals surface area contributed by atoms with E-state index < -0.39 is 23.3 Å². The molecule has 2 saturated heterocycles. The molecule has 39 heavy (non-hydrogen) atoms. The molecule has 4 atom stereocenters. The predicted octanol–water partition coefficient (Wildman–Crippen LogP) is 5.40. The van der Waals surface area contributed by atoms with E-state index in [1.54, 1.807) is 36.7 Å². The van der Waals surface area contributed by atoms with E-state index in [1.165, 1.54) is 6.07 Å². The fourth-order valence-corrected chi connectivity index (χ4v) is 7.57. The van der Waals surface area contributed by atoms with Gasteiger partial charge in [0.2, 0.25) is 11.8 Å². The maximum absolute atomic E-state index is 16.0. The average Bonchev–Trinajstić information content (AvgIpc) is 3.48. The topological polar surface area (TPSA) is 65.5 Å². The Bertz CT molecular complexity index is 1480. The van der Waals surface area contributed by atoms with Crippen LogP contribution in [0.4, 0.5) is 10.1 Å². The van der Waals surface area contributed by atoms with Crippen molar-refractivity contribution in [2.45, 2.75) is 49.2 Å². The van der Waals surface area contributed by atoms with E-state index in [2.05, 4.69) is 15.2 Å². The maximum Gasteiger partial charge on any atom is 0.250 e. The molecule has 1 saturated carbocycles. The third-order valence-corrected chi connectivity index (χ3v) is 9.45. The van der Waals surface area contributed by atoms with E-state index >= 15 is 4.39 Å². The first-order chi connectivity index (χ1) is 18.9. The molecular weight excluding hydrogens is 538 g/mol. The van der Waals surface area contributed by atoms with Gasteiger partial charge in [0.15, 0.2) is 0 Å². The lowest BCUT2D eigenvalue weighted by atomic mass is 9.73. The molecule has 4 heterocycles. The van der Waals surface area contributed by atoms with E-state index in [1.807, 2.05) is 23.1 Å². The van der Waals surface area contributed by atoms with Crippen LogP contribution < -0.4 is 5.32 Å². The summed E-state index contributed by atoms with van der Waals surface area (Å²) in [6, 6.07) is 13.5. The Morgan fingerprint density at radius 1 is 1.13 bits per heavy atom. The molecule has 3 aromatic rings. The van der Waals surface area contributed by atoms with E-state index in [0.717, 1.165) is 24.0 Å². The Morgan fingerprint density at radius 2 is 1.97 bits per heavy atom. The van der Waals surface area contributed by atoms with Gasteiger partial charge in [-0.25, -0.2) is 4.39 Å². The number of carbonyl (C=O) groups is 2. The molecule has 6 nitrogen and oxygen atoms in total. The first-order valence-electron chi connectivity index (χ1n) is 13.4. The van der Waals surface area contributed by atoms with Gasteiger partial charge in [0.1, 0.15) is 11.4 Å². The van der Waals surface area contributed by atoms with Crippen LogP contribution in [0.15, 0.2) is 60.9 Å². The molecule has 0 bridgehead atoms. The first-order valence-corrected chi connectivity index (χ1v) is 14.2. The van der Waals surface area contributed by atoms with Crippen LogP contribution in [-0.2, 0) is 21.5 Å². The van der Waals surface area contributed by atoms with Gasteiger partial charge in [-0.1, -0.05) is 47.5 Å². The fraction of sp³-hybridized carbons (Fsp3) is 0.367. The van der Waals surface area contributed by atoms with Gasteiger partial charge in [0.25, 0.3) is 0 Å². The largest absolute Gasteiger partial charge is 0.337 e. The van der Waals surface area contributed by atoms with Crippen molar-refractivity contribution in [3.05, 3.63) is 93.5 Å². The number of fused-ring (bicyclic) bond motifs is 3. The van der Waals surface area contributed by atoms with Gasteiger partial charge in [0, 0.05) is 53.7 Å². The molecule has 4 aliphatic rings. The Balaban J connectivity index is 1.42. The predicted molar refractivity (Wildman–Crippen MR) is 147 cm³/mol. The highest BCUT2D eigenvalue weighted by Crippen LogP contribution is 2.61. The van der Waals surface area contributed by atoms with Crippen LogP contribution in [0.2, 0.25) is 10.0 Å². The van der Waals surface area contributed by atoms with E-state index in [4.69, 9.17) is 23.2 Å². The number of pyridine rings is 1. The van der Waals surface area contributed by atoms with Crippen molar-refractivity contribution in [1.82, 2.24) is 14.8 Å². The quantitative estimate of drug-likeness (QED) is 0.451. The fourth-order valence-electron chi connectivity index (χ4n) is 7.21. The summed E-state index contributed by atoms with van der Waals surface area (Å²) in [5, 5.41) is 3.58. The summed E-state index contributed by atoms with van der Waals surface area (Å²) in [5.74, 6) is -1.00. The molecule has 2 amide bonds. The van der Waals surface area contributed by atoms with Crippen molar-refractivity contribution in [2.75, 3.05) is 18.4 Å². The molecule has 1 unspecified atom stereocenters. The maximum atomic E-state index is 16.0. The second-order valence-corrected chi connectivity index (χ2v) is 11.9. The summed E-state index contributed by atoms with van der Waals surface area (Å²) in [6.45, 7) is 1.25. The Hall–Kier alpha value is -3.00. The normalized spacial score (nSPS) is 27.6. The third-order valence-electron chi connectivity index (χ3n) is 8.92. The molecule has 1 aliphatic carbocycles. The second kappa shape index (κ2) is 9.29. The SMILES string of the molecule is O=C(Cc1cccnc1)N1CC[C@H]2C1[C@H](c1cccc(Cl)c1F)[C@]1(C(=O)Nc3cc(Cl)ccc31)N2CC1CC1. The van der Waals surface area contributed by atoms with Crippen molar-refractivity contribution < 1.29 is 14.0 Å². The Labute approximate surface area is 236 Å². The minimum absolute atomic E-state index is 0.000751. The van der Waals surface area contributed by atoms with Crippen LogP contribution in [0.1, 0.15) is 41.9 Å². The van der Waals surface area contributed by atoms with Crippen molar-refractivity contribution in [2.24, 2.45) is 5.92 Å². The third kappa shape index (κ3) is 3.81. The summed E-state index contributed by atoms with van der Waals surface area (Å²) < 4.78 is 16.0. The number of rotatable bonds is 5. The standard InChI is InChI=1S/C30H27Cl2FN4O2/c31-19-8-9-21-23(14-19)35-29(39)30(21)26(20-4-1-5-22(32)27(20)33)28-24(37(30)16-17-6-7-17)10-12-36(28)25(38)13-18-3-2-11-34-15-18/h1-5,8-9,11,14-15,17,24,26,28H,6-7,10,12-13,16H2,(H,35,39)/t24-,26-,28?,30+/m0/s1. The zero-order valence-electron chi connectivity index (χ0n) is 21.1. The first kappa shape index (κ1) is 25.0. The van der Waals surface area contributed by atoms with Gasteiger partial charge < -0.3 is 10.2 Å². The number of hydrogen-bond donors (Lipinski definition) is 1. The lowest BCUT2D eigenvalue weighted by Crippen LogP contribution is -2.53. The number of anilines is 1. The molecule has 1 spiro atoms. The van der Waals surface area contributed by atoms with Crippen LogP contribution in [0.5, 0.6) is 0 Å². The van der Waals surface area contributed by atoms with Crippen LogP contribution >= 0.6 is 23.2 Å². The van der Waals surface area contributed by atoms with Crippen molar-refractivity contribution >= 4 is 40.7 Å². The van der Waals surface area contributed by atoms with Crippen molar-refractivity contribution in [3.8, 4) is 0 Å². The van der Waals surface area contributed by atoms with E-state index in [-0.39, 0.29) is 29.3 Å². The van der Waals surface area contributed by atoms with E-state index in [0.29, 0.717) is 41.7 Å². The van der Waals surface area contributed by atoms with Gasteiger partial charge in [-0.15, -0.1) is 0 Å². The van der Waals surface area contributed by atoms with Gasteiger partial charge in [-0.2, -0.15) is 0 Å². The zero-order chi connectivity index (χ0) is 26.9. The number of benzene rings is 2. The summed E-state index contributed by atoms with van der Waals surface area (Å²) in [7, 11) is 0. The molecule has 2 aromatic carbocycles. The number of nitrogens with zero attached hydrogens (tertiary/aromatic N) is 3.